The predicted molar refractivity (Wildman–Crippen MR) is 126 cm³/mol. The molecule has 0 saturated heterocycles. The molecule has 0 aliphatic carbocycles. The molecule has 3 aromatic rings. The quantitative estimate of drug-likeness (QED) is 0.275. The van der Waals surface area contributed by atoms with E-state index in [-0.39, 0.29) is 36.5 Å². The highest BCUT2D eigenvalue weighted by Gasteiger charge is 2.21. The Morgan fingerprint density at radius 1 is 1.29 bits per heavy atom. The van der Waals surface area contributed by atoms with Gasteiger partial charge in [-0.2, -0.15) is 4.98 Å². The Kier molecular flexibility index (Phi) is 7.48. The average molecular weight is 483 g/mol. The minimum Gasteiger partial charge on any atom is -0.480 e. The third kappa shape index (κ3) is 5.70. The largest absolute Gasteiger partial charge is 0.480 e. The van der Waals surface area contributed by atoms with E-state index in [0.29, 0.717) is 54.7 Å². The maximum Gasteiger partial charge on any atom is 0.263 e. The number of anilines is 2. The fourth-order valence-electron chi connectivity index (χ4n) is 3.41. The first kappa shape index (κ1) is 24.0. The summed E-state index contributed by atoms with van der Waals surface area (Å²) in [7, 11) is 3.18. The van der Waals surface area contributed by atoms with Crippen molar-refractivity contribution < 1.29 is 23.8 Å². The molecule has 35 heavy (non-hydrogen) atoms. The average Bonchev–Trinajstić information content (AvgIpc) is 2.87. The van der Waals surface area contributed by atoms with Crippen LogP contribution in [0.25, 0.3) is 11.2 Å². The van der Waals surface area contributed by atoms with Crippen molar-refractivity contribution in [2.24, 2.45) is 7.05 Å². The van der Waals surface area contributed by atoms with E-state index in [4.69, 9.17) is 14.2 Å². The highest BCUT2D eigenvalue weighted by atomic mass is 16.5. The van der Waals surface area contributed by atoms with Crippen molar-refractivity contribution in [3.63, 3.8) is 0 Å². The van der Waals surface area contributed by atoms with Crippen LogP contribution in [-0.4, -0.2) is 77.9 Å². The molecule has 2 N–H and O–H groups in total. The van der Waals surface area contributed by atoms with Gasteiger partial charge >= 0.3 is 0 Å². The summed E-state index contributed by atoms with van der Waals surface area (Å²) in [5, 5.41) is 5.83. The van der Waals surface area contributed by atoms with E-state index in [1.165, 1.54) is 21.7 Å². The number of aromatic nitrogens is 4. The Morgan fingerprint density at radius 2 is 2.14 bits per heavy atom. The fourth-order valence-corrected chi connectivity index (χ4v) is 3.41. The van der Waals surface area contributed by atoms with E-state index in [2.05, 4.69) is 25.6 Å². The zero-order chi connectivity index (χ0) is 24.8. The molecule has 0 radical (unpaired) electrons. The van der Waals surface area contributed by atoms with Gasteiger partial charge in [-0.15, -0.1) is 0 Å². The number of hydrogen-bond acceptors (Lipinski definition) is 10. The zero-order valence-corrected chi connectivity index (χ0v) is 19.3. The van der Waals surface area contributed by atoms with Crippen molar-refractivity contribution in [1.82, 2.24) is 24.8 Å². The molecule has 1 unspecified atom stereocenters. The zero-order valence-electron chi connectivity index (χ0n) is 19.3. The van der Waals surface area contributed by atoms with E-state index in [1.54, 1.807) is 32.4 Å². The number of hydrogen-bond donors (Lipinski definition) is 2. The SMILES string of the molecule is COC(CNCCOc1cnc2ccc(=O)n(C)c2n1)CN(C=O)c1ccc2c(n1)NC(=O)CO2. The highest BCUT2D eigenvalue weighted by molar-refractivity contribution is 5.94. The molecule has 0 aromatic carbocycles. The molecule has 0 saturated carbocycles. The summed E-state index contributed by atoms with van der Waals surface area (Å²) in [6.45, 7) is 1.39. The maximum atomic E-state index is 11.8. The molecule has 184 valence electrons. The van der Waals surface area contributed by atoms with Crippen molar-refractivity contribution in [1.29, 1.82) is 0 Å². The molecular formula is C22H25N7O6. The molecule has 13 nitrogen and oxygen atoms in total. The van der Waals surface area contributed by atoms with Crippen molar-refractivity contribution >= 4 is 35.1 Å². The predicted octanol–water partition coefficient (Wildman–Crippen LogP) is -0.299. The van der Waals surface area contributed by atoms with Crippen LogP contribution in [0, 0.1) is 0 Å². The van der Waals surface area contributed by atoms with E-state index in [1.807, 2.05) is 0 Å². The number of ether oxygens (including phenoxy) is 3. The van der Waals surface area contributed by atoms with Gasteiger partial charge in [-0.05, 0) is 18.2 Å². The molecule has 1 aliphatic heterocycles. The van der Waals surface area contributed by atoms with Crippen LogP contribution in [-0.2, 0) is 21.4 Å². The van der Waals surface area contributed by atoms with E-state index >= 15 is 0 Å². The summed E-state index contributed by atoms with van der Waals surface area (Å²) < 4.78 is 17.8. The number of nitrogens with zero attached hydrogens (tertiary/aromatic N) is 5. The van der Waals surface area contributed by atoms with E-state index < -0.39 is 0 Å². The standard InChI is InChI=1S/C22H25N7O6/c1-28-20(32)6-3-15-22(28)27-19(10-24-15)34-8-7-23-9-14(33-2)11-29(13-30)17-5-4-16-21(25-17)26-18(31)12-35-16/h3-6,10,13-14,23H,7-9,11-12H2,1-2H3,(H,25,26,31). The second-order valence-corrected chi connectivity index (χ2v) is 7.67. The number of amides is 2. The van der Waals surface area contributed by atoms with Crippen LogP contribution in [0.5, 0.6) is 11.6 Å². The Bertz CT molecular complexity index is 1280. The summed E-state index contributed by atoms with van der Waals surface area (Å²) in [6.07, 6.45) is 1.83. The lowest BCUT2D eigenvalue weighted by atomic mass is 10.3. The van der Waals surface area contributed by atoms with Crippen LogP contribution >= 0.6 is 0 Å². The molecule has 0 bridgehead atoms. The topological polar surface area (TPSA) is 150 Å². The van der Waals surface area contributed by atoms with E-state index in [9.17, 15) is 14.4 Å². The third-order valence-electron chi connectivity index (χ3n) is 5.31. The van der Waals surface area contributed by atoms with Gasteiger partial charge in [0.15, 0.2) is 23.8 Å². The molecule has 2 amide bonds. The van der Waals surface area contributed by atoms with Gasteiger partial charge in [0.2, 0.25) is 12.3 Å². The molecule has 1 aliphatic rings. The normalized spacial score (nSPS) is 13.5. The van der Waals surface area contributed by atoms with Gasteiger partial charge in [0.05, 0.1) is 18.8 Å². The lowest BCUT2D eigenvalue weighted by Crippen LogP contribution is -2.40. The number of nitrogens with one attached hydrogen (secondary N) is 2. The van der Waals surface area contributed by atoms with Crippen molar-refractivity contribution in [2.75, 3.05) is 50.2 Å². The Balaban J connectivity index is 1.27. The summed E-state index contributed by atoms with van der Waals surface area (Å²) in [6, 6.07) is 6.35. The second kappa shape index (κ2) is 10.9. The van der Waals surface area contributed by atoms with Gasteiger partial charge in [-0.1, -0.05) is 0 Å². The molecular weight excluding hydrogens is 458 g/mol. The third-order valence-corrected chi connectivity index (χ3v) is 5.31. The first-order valence-corrected chi connectivity index (χ1v) is 10.8. The van der Waals surface area contributed by atoms with Crippen LogP contribution in [0.15, 0.2) is 35.3 Å². The van der Waals surface area contributed by atoms with Crippen molar-refractivity contribution in [2.45, 2.75) is 6.10 Å². The molecule has 1 atom stereocenters. The fraction of sp³-hybridized carbons (Fsp3) is 0.364. The van der Waals surface area contributed by atoms with Crippen LogP contribution in [0.2, 0.25) is 0 Å². The van der Waals surface area contributed by atoms with Crippen molar-refractivity contribution in [3.8, 4) is 11.6 Å². The molecule has 4 heterocycles. The van der Waals surface area contributed by atoms with Crippen LogP contribution in [0.1, 0.15) is 0 Å². The number of methoxy groups -OCH3 is 1. The van der Waals surface area contributed by atoms with Gasteiger partial charge < -0.3 is 24.8 Å². The Labute approximate surface area is 200 Å². The summed E-state index contributed by atoms with van der Waals surface area (Å²) >= 11 is 0. The lowest BCUT2D eigenvalue weighted by molar-refractivity contribution is -0.118. The first-order valence-electron chi connectivity index (χ1n) is 10.8. The Morgan fingerprint density at radius 3 is 2.94 bits per heavy atom. The van der Waals surface area contributed by atoms with Gasteiger partial charge in [0.1, 0.15) is 17.9 Å². The van der Waals surface area contributed by atoms with Crippen molar-refractivity contribution in [3.05, 3.63) is 40.8 Å². The first-order chi connectivity index (χ1) is 17.0. The number of carbonyl (C=O) groups excluding carboxylic acids is 2. The number of aryl methyl sites for hydroxylation is 1. The van der Waals surface area contributed by atoms with Crippen LogP contribution in [0.3, 0.4) is 0 Å². The number of fused-ring (bicyclic) bond motifs is 2. The highest BCUT2D eigenvalue weighted by Crippen LogP contribution is 2.28. The number of rotatable bonds is 11. The second-order valence-electron chi connectivity index (χ2n) is 7.67. The minimum atomic E-state index is -0.334. The summed E-state index contributed by atoms with van der Waals surface area (Å²) in [5.41, 5.74) is 0.867. The summed E-state index contributed by atoms with van der Waals surface area (Å²) in [4.78, 5) is 49.3. The van der Waals surface area contributed by atoms with Gasteiger partial charge in [-0.25, -0.2) is 9.97 Å². The van der Waals surface area contributed by atoms with Gasteiger partial charge in [0.25, 0.3) is 11.5 Å². The lowest BCUT2D eigenvalue weighted by Gasteiger charge is -2.24. The number of carbonyl (C=O) groups is 2. The van der Waals surface area contributed by atoms with E-state index in [0.717, 1.165) is 0 Å². The van der Waals surface area contributed by atoms with Crippen LogP contribution < -0.4 is 30.6 Å². The monoisotopic (exact) mass is 483 g/mol. The Hall–Kier alpha value is -4.10. The number of pyridine rings is 2. The molecule has 0 spiro atoms. The van der Waals surface area contributed by atoms with Crippen LogP contribution in [0.4, 0.5) is 11.6 Å². The van der Waals surface area contributed by atoms with Gasteiger partial charge in [-0.3, -0.25) is 23.9 Å². The molecule has 3 aromatic heterocycles. The molecule has 4 rings (SSSR count). The van der Waals surface area contributed by atoms with Gasteiger partial charge in [0, 0.05) is 33.3 Å². The minimum absolute atomic E-state index is 0.0698. The smallest absolute Gasteiger partial charge is 0.263 e. The molecule has 0 fully saturated rings. The molecule has 13 heteroatoms. The summed E-state index contributed by atoms with van der Waals surface area (Å²) in [5.74, 6) is 1.08. The maximum absolute atomic E-state index is 11.8.